The Hall–Kier alpha value is -1.06. The number of rotatable bonds is 3. The number of benzene rings is 1. The Morgan fingerprint density at radius 1 is 1.38 bits per heavy atom. The molecule has 3 heteroatoms. The molecule has 0 aliphatic carbocycles. The first-order chi connectivity index (χ1) is 7.51. The van der Waals surface area contributed by atoms with E-state index in [1.807, 2.05) is 19.9 Å². The lowest BCUT2D eigenvalue weighted by atomic mass is 9.91. The highest BCUT2D eigenvalue weighted by atomic mass is 16.5. The zero-order chi connectivity index (χ0) is 11.8. The zero-order valence-electron chi connectivity index (χ0n) is 10.2. The maximum atomic E-state index is 6.09. The van der Waals surface area contributed by atoms with Gasteiger partial charge < -0.3 is 15.2 Å². The van der Waals surface area contributed by atoms with Gasteiger partial charge in [-0.2, -0.15) is 0 Å². The van der Waals surface area contributed by atoms with Gasteiger partial charge in [-0.1, -0.05) is 6.07 Å². The largest absolute Gasteiger partial charge is 0.496 e. The lowest BCUT2D eigenvalue weighted by Crippen LogP contribution is -2.35. The molecule has 88 valence electrons. The van der Waals surface area contributed by atoms with Gasteiger partial charge in [-0.15, -0.1) is 0 Å². The average Bonchev–Trinajstić information content (AvgIpc) is 2.64. The van der Waals surface area contributed by atoms with Gasteiger partial charge in [-0.25, -0.2) is 0 Å². The third-order valence-corrected chi connectivity index (χ3v) is 2.84. The molecule has 1 aliphatic rings. The first-order valence-electron chi connectivity index (χ1n) is 5.55. The van der Waals surface area contributed by atoms with E-state index in [-0.39, 0.29) is 5.54 Å². The maximum Gasteiger partial charge on any atom is 0.122 e. The molecule has 1 aromatic rings. The highest BCUT2D eigenvalue weighted by molar-refractivity contribution is 5.46. The Kier molecular flexibility index (Phi) is 2.91. The molecule has 0 saturated heterocycles. The fourth-order valence-corrected chi connectivity index (χ4v) is 2.14. The van der Waals surface area contributed by atoms with Crippen molar-refractivity contribution < 1.29 is 9.47 Å². The van der Waals surface area contributed by atoms with Gasteiger partial charge in [-0.3, -0.25) is 0 Å². The lowest BCUT2D eigenvalue weighted by Gasteiger charge is -2.22. The molecule has 0 unspecified atom stereocenters. The molecule has 16 heavy (non-hydrogen) atoms. The Labute approximate surface area is 96.5 Å². The van der Waals surface area contributed by atoms with E-state index < -0.39 is 0 Å². The summed E-state index contributed by atoms with van der Waals surface area (Å²) in [5.74, 6) is 0.919. The predicted molar refractivity (Wildman–Crippen MR) is 63.5 cm³/mol. The van der Waals surface area contributed by atoms with E-state index in [4.69, 9.17) is 15.2 Å². The first-order valence-corrected chi connectivity index (χ1v) is 5.55. The third kappa shape index (κ3) is 2.20. The Balaban J connectivity index is 2.44. The van der Waals surface area contributed by atoms with Gasteiger partial charge in [0, 0.05) is 11.1 Å². The van der Waals surface area contributed by atoms with Crippen LogP contribution in [-0.4, -0.2) is 12.6 Å². The summed E-state index contributed by atoms with van der Waals surface area (Å²) in [6, 6.07) is 4.09. The number of methoxy groups -OCH3 is 1. The summed E-state index contributed by atoms with van der Waals surface area (Å²) in [6.45, 7) is 5.44. The molecule has 2 rings (SSSR count). The van der Waals surface area contributed by atoms with E-state index in [1.54, 1.807) is 7.11 Å². The second kappa shape index (κ2) is 4.07. The van der Waals surface area contributed by atoms with Gasteiger partial charge >= 0.3 is 0 Å². The minimum Gasteiger partial charge on any atom is -0.496 e. The SMILES string of the molecule is COc1ccc2c(c1CC(C)(C)N)COC2. The van der Waals surface area contributed by atoms with Crippen LogP contribution in [0.4, 0.5) is 0 Å². The summed E-state index contributed by atoms with van der Waals surface area (Å²) < 4.78 is 10.9. The third-order valence-electron chi connectivity index (χ3n) is 2.84. The zero-order valence-corrected chi connectivity index (χ0v) is 10.2. The van der Waals surface area contributed by atoms with Crippen molar-refractivity contribution in [1.82, 2.24) is 0 Å². The second-order valence-electron chi connectivity index (χ2n) is 5.04. The standard InChI is InChI=1S/C13H19NO2/c1-13(2,14)6-10-11-8-16-7-9(11)4-5-12(10)15-3/h4-5H,6-8,14H2,1-3H3. The van der Waals surface area contributed by atoms with Crippen molar-refractivity contribution in [3.05, 3.63) is 28.8 Å². The Morgan fingerprint density at radius 2 is 2.12 bits per heavy atom. The molecule has 0 bridgehead atoms. The monoisotopic (exact) mass is 221 g/mol. The minimum atomic E-state index is -0.231. The van der Waals surface area contributed by atoms with Crippen LogP contribution < -0.4 is 10.5 Å². The molecule has 0 saturated carbocycles. The molecule has 3 nitrogen and oxygen atoms in total. The van der Waals surface area contributed by atoms with Crippen LogP contribution in [0, 0.1) is 0 Å². The van der Waals surface area contributed by atoms with E-state index in [0.29, 0.717) is 13.2 Å². The second-order valence-corrected chi connectivity index (χ2v) is 5.04. The summed E-state index contributed by atoms with van der Waals surface area (Å²) in [7, 11) is 1.70. The highest BCUT2D eigenvalue weighted by Gasteiger charge is 2.23. The molecular weight excluding hydrogens is 202 g/mol. The van der Waals surface area contributed by atoms with Gasteiger partial charge in [0.05, 0.1) is 20.3 Å². The van der Waals surface area contributed by atoms with Crippen molar-refractivity contribution in [1.29, 1.82) is 0 Å². The molecular formula is C13H19NO2. The van der Waals surface area contributed by atoms with Crippen LogP contribution in [0.5, 0.6) is 5.75 Å². The molecule has 0 amide bonds. The molecule has 1 aromatic carbocycles. The number of ether oxygens (including phenoxy) is 2. The van der Waals surface area contributed by atoms with Crippen LogP contribution >= 0.6 is 0 Å². The van der Waals surface area contributed by atoms with Gasteiger partial charge in [0.1, 0.15) is 5.75 Å². The van der Waals surface area contributed by atoms with Crippen molar-refractivity contribution in [2.24, 2.45) is 5.73 Å². The molecule has 0 aromatic heterocycles. The van der Waals surface area contributed by atoms with E-state index in [2.05, 4.69) is 6.07 Å². The number of fused-ring (bicyclic) bond motifs is 1. The fourth-order valence-electron chi connectivity index (χ4n) is 2.14. The molecule has 0 spiro atoms. The number of hydrogen-bond donors (Lipinski definition) is 1. The number of nitrogens with two attached hydrogens (primary N) is 1. The first kappa shape index (κ1) is 11.4. The summed E-state index contributed by atoms with van der Waals surface area (Å²) >= 11 is 0. The van der Waals surface area contributed by atoms with Crippen LogP contribution in [0.1, 0.15) is 30.5 Å². The van der Waals surface area contributed by atoms with Gasteiger partial charge in [-0.05, 0) is 37.5 Å². The van der Waals surface area contributed by atoms with Crippen molar-refractivity contribution in [3.8, 4) is 5.75 Å². The van der Waals surface area contributed by atoms with Gasteiger partial charge in [0.25, 0.3) is 0 Å². The predicted octanol–water partition coefficient (Wildman–Crippen LogP) is 2.01. The summed E-state index contributed by atoms with van der Waals surface area (Å²) in [4.78, 5) is 0. The van der Waals surface area contributed by atoms with Crippen molar-refractivity contribution >= 4 is 0 Å². The minimum absolute atomic E-state index is 0.231. The molecule has 1 aliphatic heterocycles. The van der Waals surface area contributed by atoms with E-state index >= 15 is 0 Å². The quantitative estimate of drug-likeness (QED) is 0.849. The van der Waals surface area contributed by atoms with Gasteiger partial charge in [0.15, 0.2) is 0 Å². The maximum absolute atomic E-state index is 6.09. The Morgan fingerprint density at radius 3 is 2.75 bits per heavy atom. The molecule has 0 fully saturated rings. The smallest absolute Gasteiger partial charge is 0.122 e. The van der Waals surface area contributed by atoms with Crippen LogP contribution in [0.15, 0.2) is 12.1 Å². The average molecular weight is 221 g/mol. The fraction of sp³-hybridized carbons (Fsp3) is 0.538. The molecule has 0 atom stereocenters. The topological polar surface area (TPSA) is 44.5 Å². The lowest BCUT2D eigenvalue weighted by molar-refractivity contribution is 0.134. The highest BCUT2D eigenvalue weighted by Crippen LogP contribution is 2.32. The molecule has 2 N–H and O–H groups in total. The van der Waals surface area contributed by atoms with Crippen LogP contribution in [0.25, 0.3) is 0 Å². The van der Waals surface area contributed by atoms with Crippen LogP contribution in [0.2, 0.25) is 0 Å². The van der Waals surface area contributed by atoms with Crippen LogP contribution in [-0.2, 0) is 24.4 Å². The van der Waals surface area contributed by atoms with Crippen molar-refractivity contribution in [3.63, 3.8) is 0 Å². The van der Waals surface area contributed by atoms with Crippen LogP contribution in [0.3, 0.4) is 0 Å². The molecule has 0 radical (unpaired) electrons. The van der Waals surface area contributed by atoms with Gasteiger partial charge in [0.2, 0.25) is 0 Å². The Bertz CT molecular complexity index is 394. The van der Waals surface area contributed by atoms with E-state index in [9.17, 15) is 0 Å². The normalized spacial score (nSPS) is 15.0. The molecule has 1 heterocycles. The van der Waals surface area contributed by atoms with Crippen molar-refractivity contribution in [2.45, 2.75) is 39.0 Å². The van der Waals surface area contributed by atoms with E-state index in [0.717, 1.165) is 12.2 Å². The summed E-state index contributed by atoms with van der Waals surface area (Å²) in [5, 5.41) is 0. The summed E-state index contributed by atoms with van der Waals surface area (Å²) in [6.07, 6.45) is 0.808. The number of hydrogen-bond acceptors (Lipinski definition) is 3. The summed E-state index contributed by atoms with van der Waals surface area (Å²) in [5.41, 5.74) is 9.58. The van der Waals surface area contributed by atoms with Crippen molar-refractivity contribution in [2.75, 3.05) is 7.11 Å². The van der Waals surface area contributed by atoms with E-state index in [1.165, 1.54) is 16.7 Å².